The van der Waals surface area contributed by atoms with Crippen LogP contribution in [0.5, 0.6) is 0 Å². The van der Waals surface area contributed by atoms with Crippen molar-refractivity contribution in [1.29, 1.82) is 0 Å². The predicted octanol–water partition coefficient (Wildman–Crippen LogP) is 4.85. The average molecular weight is 428 g/mol. The van der Waals surface area contributed by atoms with Crippen LogP contribution in [-0.2, 0) is 15.4 Å². The van der Waals surface area contributed by atoms with E-state index >= 15 is 0 Å². The van der Waals surface area contributed by atoms with E-state index < -0.39 is 15.4 Å². The maximum absolute atomic E-state index is 13.2. The largest absolute Gasteiger partial charge is 0.289 e. The van der Waals surface area contributed by atoms with Crippen LogP contribution in [0.25, 0.3) is 6.08 Å². The zero-order chi connectivity index (χ0) is 21.8. The maximum Gasteiger partial charge on any atom is 0.236 e. The first-order valence-corrected chi connectivity index (χ1v) is 11.9. The first kappa shape index (κ1) is 19.5. The predicted molar refractivity (Wildman–Crippen MR) is 124 cm³/mol. The number of fused-ring (bicyclic) bond motifs is 4. The molecule has 1 atom stereocenters. The lowest BCUT2D eigenvalue weighted by Crippen LogP contribution is -2.41. The van der Waals surface area contributed by atoms with E-state index in [2.05, 4.69) is 0 Å². The molecule has 0 saturated carbocycles. The van der Waals surface area contributed by atoms with E-state index in [-0.39, 0.29) is 5.78 Å². The fourth-order valence-corrected chi connectivity index (χ4v) is 5.79. The lowest BCUT2D eigenvalue weighted by Gasteiger charge is -2.39. The van der Waals surface area contributed by atoms with Gasteiger partial charge in [-0.05, 0) is 53.5 Å². The number of benzene rings is 3. The standard InChI is InChI=1S/C26H21NO3S/c1-18-8-7-10-20(16-18)27(31(2,29)30)25-17-19-9-3-5-12-22(19)26(25)15-14-24(28)21-11-4-6-13-23(21)26/h3-17H,1-2H3/t26-/m0/s1. The minimum Gasteiger partial charge on any atom is -0.289 e. The highest BCUT2D eigenvalue weighted by atomic mass is 32.2. The van der Waals surface area contributed by atoms with Gasteiger partial charge in [0.2, 0.25) is 10.0 Å². The molecule has 1 spiro atoms. The van der Waals surface area contributed by atoms with Crippen LogP contribution in [0.4, 0.5) is 5.69 Å². The summed E-state index contributed by atoms with van der Waals surface area (Å²) in [6, 6.07) is 22.8. The zero-order valence-electron chi connectivity index (χ0n) is 17.2. The van der Waals surface area contributed by atoms with Crippen LogP contribution in [0.2, 0.25) is 0 Å². The minimum atomic E-state index is -3.68. The number of ketones is 1. The highest BCUT2D eigenvalue weighted by Crippen LogP contribution is 2.52. The summed E-state index contributed by atoms with van der Waals surface area (Å²) < 4.78 is 27.8. The normalized spacial score (nSPS) is 19.2. The van der Waals surface area contributed by atoms with Gasteiger partial charge < -0.3 is 0 Å². The molecule has 154 valence electrons. The lowest BCUT2D eigenvalue weighted by molar-refractivity contribution is 0.104. The number of hydrogen-bond acceptors (Lipinski definition) is 3. The molecule has 0 unspecified atom stereocenters. The molecular formula is C26H21NO3S. The Hall–Kier alpha value is -3.44. The molecule has 0 fully saturated rings. The van der Waals surface area contributed by atoms with Crippen molar-refractivity contribution in [3.05, 3.63) is 118 Å². The summed E-state index contributed by atoms with van der Waals surface area (Å²) in [6.07, 6.45) is 6.56. The van der Waals surface area contributed by atoms with E-state index in [1.54, 1.807) is 18.2 Å². The van der Waals surface area contributed by atoms with Gasteiger partial charge in [0.05, 0.1) is 23.1 Å². The summed E-state index contributed by atoms with van der Waals surface area (Å²) >= 11 is 0. The van der Waals surface area contributed by atoms with Crippen molar-refractivity contribution in [3.63, 3.8) is 0 Å². The Bertz CT molecular complexity index is 1400. The Balaban J connectivity index is 1.87. The third-order valence-corrected chi connectivity index (χ3v) is 7.04. The number of carbonyl (C=O) groups is 1. The van der Waals surface area contributed by atoms with Gasteiger partial charge in [0, 0.05) is 5.56 Å². The summed E-state index contributed by atoms with van der Waals surface area (Å²) in [7, 11) is -3.68. The van der Waals surface area contributed by atoms with Crippen molar-refractivity contribution in [2.24, 2.45) is 0 Å². The second kappa shape index (κ2) is 6.79. The molecule has 0 aliphatic heterocycles. The molecule has 0 N–H and O–H groups in total. The molecule has 4 nitrogen and oxygen atoms in total. The summed E-state index contributed by atoms with van der Waals surface area (Å²) in [5.74, 6) is -0.0774. The Morgan fingerprint density at radius 1 is 0.871 bits per heavy atom. The van der Waals surface area contributed by atoms with E-state index in [0.29, 0.717) is 16.9 Å². The Morgan fingerprint density at radius 3 is 2.32 bits per heavy atom. The van der Waals surface area contributed by atoms with Gasteiger partial charge in [0.1, 0.15) is 0 Å². The van der Waals surface area contributed by atoms with E-state index in [9.17, 15) is 13.2 Å². The summed E-state index contributed by atoms with van der Waals surface area (Å²) in [5, 5.41) is 0. The van der Waals surface area contributed by atoms with Crippen LogP contribution in [0.15, 0.2) is 90.6 Å². The molecule has 0 saturated heterocycles. The molecule has 0 heterocycles. The molecule has 5 heteroatoms. The van der Waals surface area contributed by atoms with Gasteiger partial charge in [-0.25, -0.2) is 12.7 Å². The van der Waals surface area contributed by atoms with Gasteiger partial charge >= 0.3 is 0 Å². The van der Waals surface area contributed by atoms with Crippen LogP contribution < -0.4 is 4.31 Å². The van der Waals surface area contributed by atoms with Crippen LogP contribution in [0, 0.1) is 6.92 Å². The second-order valence-electron chi connectivity index (χ2n) is 8.03. The van der Waals surface area contributed by atoms with Gasteiger partial charge in [-0.15, -0.1) is 0 Å². The van der Waals surface area contributed by atoms with Crippen LogP contribution in [-0.4, -0.2) is 20.5 Å². The van der Waals surface area contributed by atoms with Gasteiger partial charge in [-0.1, -0.05) is 66.7 Å². The fraction of sp³-hybridized carbons (Fsp3) is 0.115. The molecule has 0 aromatic heterocycles. The van der Waals surface area contributed by atoms with E-state index in [1.165, 1.54) is 10.6 Å². The van der Waals surface area contributed by atoms with E-state index in [4.69, 9.17) is 0 Å². The number of nitrogens with zero attached hydrogens (tertiary/aromatic N) is 1. The summed E-state index contributed by atoms with van der Waals surface area (Å²) in [6.45, 7) is 1.94. The SMILES string of the molecule is Cc1cccc(N(C2=Cc3ccccc3[C@]23C=CC(=O)c2ccccc23)S(C)(=O)=O)c1. The maximum atomic E-state index is 13.2. The molecule has 0 bridgehead atoms. The molecule has 3 aromatic carbocycles. The van der Waals surface area contributed by atoms with E-state index in [1.807, 2.05) is 79.7 Å². The van der Waals surface area contributed by atoms with Gasteiger partial charge in [-0.2, -0.15) is 0 Å². The topological polar surface area (TPSA) is 54.5 Å². The van der Waals surface area contributed by atoms with Crippen molar-refractivity contribution in [3.8, 4) is 0 Å². The van der Waals surface area contributed by atoms with Gasteiger partial charge in [0.25, 0.3) is 0 Å². The molecule has 2 aliphatic rings. The summed E-state index contributed by atoms with van der Waals surface area (Å²) in [4.78, 5) is 12.7. The number of hydrogen-bond donors (Lipinski definition) is 0. The van der Waals surface area contributed by atoms with Crippen molar-refractivity contribution in [2.45, 2.75) is 12.3 Å². The van der Waals surface area contributed by atoms with E-state index in [0.717, 1.165) is 22.3 Å². The molecule has 0 amide bonds. The smallest absolute Gasteiger partial charge is 0.236 e. The quantitative estimate of drug-likeness (QED) is 0.600. The molecule has 5 rings (SSSR count). The van der Waals surface area contributed by atoms with Crippen molar-refractivity contribution in [1.82, 2.24) is 0 Å². The van der Waals surface area contributed by atoms with Crippen LogP contribution >= 0.6 is 0 Å². The third-order valence-electron chi connectivity index (χ3n) is 5.97. The number of allylic oxidation sites excluding steroid dienone is 2. The first-order chi connectivity index (χ1) is 14.8. The summed E-state index contributed by atoms with van der Waals surface area (Å²) in [5.41, 5.74) is 4.53. The molecule has 0 radical (unpaired) electrons. The number of carbonyl (C=O) groups excluding carboxylic acids is 1. The molecule has 31 heavy (non-hydrogen) atoms. The van der Waals surface area contributed by atoms with Crippen molar-refractivity contribution >= 4 is 27.6 Å². The van der Waals surface area contributed by atoms with Crippen molar-refractivity contribution < 1.29 is 13.2 Å². The number of aryl methyl sites for hydroxylation is 1. The zero-order valence-corrected chi connectivity index (χ0v) is 18.1. The minimum absolute atomic E-state index is 0.0774. The van der Waals surface area contributed by atoms with Gasteiger partial charge in [-0.3, -0.25) is 4.79 Å². The van der Waals surface area contributed by atoms with Crippen LogP contribution in [0.1, 0.15) is 32.6 Å². The molecule has 2 aliphatic carbocycles. The Morgan fingerprint density at radius 2 is 1.58 bits per heavy atom. The number of sulfonamides is 1. The highest BCUT2D eigenvalue weighted by Gasteiger charge is 2.49. The average Bonchev–Trinajstić information content (AvgIpc) is 3.05. The Kier molecular flexibility index (Phi) is 4.27. The Labute approximate surface area is 182 Å². The second-order valence-corrected chi connectivity index (χ2v) is 9.87. The third kappa shape index (κ3) is 2.88. The van der Waals surface area contributed by atoms with Crippen LogP contribution in [0.3, 0.4) is 0 Å². The lowest BCUT2D eigenvalue weighted by atomic mass is 9.69. The number of rotatable bonds is 3. The molecular weight excluding hydrogens is 406 g/mol. The highest BCUT2D eigenvalue weighted by molar-refractivity contribution is 7.92. The molecule has 3 aromatic rings. The number of anilines is 1. The fourth-order valence-electron chi connectivity index (χ4n) is 4.74. The van der Waals surface area contributed by atoms with Gasteiger partial charge in [0.15, 0.2) is 5.78 Å². The monoisotopic (exact) mass is 427 g/mol. The first-order valence-electron chi connectivity index (χ1n) is 10.0. The van der Waals surface area contributed by atoms with Crippen molar-refractivity contribution in [2.75, 3.05) is 10.6 Å².